The van der Waals surface area contributed by atoms with Crippen molar-refractivity contribution in [2.24, 2.45) is 5.92 Å². The molecule has 1 aromatic heterocycles. The third-order valence-corrected chi connectivity index (χ3v) is 4.85. The van der Waals surface area contributed by atoms with Gasteiger partial charge in [-0.15, -0.1) is 5.10 Å². The van der Waals surface area contributed by atoms with Gasteiger partial charge in [0, 0.05) is 26.2 Å². The zero-order valence-corrected chi connectivity index (χ0v) is 16.3. The van der Waals surface area contributed by atoms with Gasteiger partial charge in [0.2, 0.25) is 0 Å². The van der Waals surface area contributed by atoms with Gasteiger partial charge >= 0.3 is 0 Å². The number of hydrogen-bond donors (Lipinski definition) is 2. The number of nitrogens with zero attached hydrogens (tertiary/aromatic N) is 4. The van der Waals surface area contributed by atoms with E-state index in [-0.39, 0.29) is 19.1 Å². The van der Waals surface area contributed by atoms with E-state index in [2.05, 4.69) is 47.4 Å². The third-order valence-electron chi connectivity index (χ3n) is 4.85. The number of likely N-dealkylation sites (tertiary alicyclic amines) is 1. The molecule has 146 valence electrons. The van der Waals surface area contributed by atoms with E-state index < -0.39 is 0 Å². The maximum absolute atomic E-state index is 11.9. The van der Waals surface area contributed by atoms with Crippen LogP contribution in [0.25, 0.3) is 0 Å². The first-order valence-electron chi connectivity index (χ1n) is 9.66. The van der Waals surface area contributed by atoms with Gasteiger partial charge in [-0.05, 0) is 45.4 Å². The summed E-state index contributed by atoms with van der Waals surface area (Å²) in [4.78, 5) is 14.4. The summed E-state index contributed by atoms with van der Waals surface area (Å²) in [6.07, 6.45) is 8.50. The molecule has 1 amide bonds. The lowest BCUT2D eigenvalue weighted by Gasteiger charge is -2.33. The van der Waals surface area contributed by atoms with Crippen LogP contribution < -0.4 is 5.32 Å². The van der Waals surface area contributed by atoms with E-state index in [4.69, 9.17) is 5.11 Å². The molecule has 0 bridgehead atoms. The van der Waals surface area contributed by atoms with Crippen LogP contribution in [0.4, 0.5) is 0 Å². The highest BCUT2D eigenvalue weighted by Crippen LogP contribution is 2.23. The molecule has 26 heavy (non-hydrogen) atoms. The Bertz CT molecular complexity index is 587. The number of amides is 1. The number of rotatable bonds is 9. The number of aliphatic hydroxyl groups is 1. The Morgan fingerprint density at radius 1 is 1.42 bits per heavy atom. The number of nitrogens with one attached hydrogen (secondary N) is 1. The molecule has 1 atom stereocenters. The lowest BCUT2D eigenvalue weighted by atomic mass is 10.0. The van der Waals surface area contributed by atoms with Crippen LogP contribution in [-0.4, -0.2) is 63.7 Å². The van der Waals surface area contributed by atoms with Crippen LogP contribution in [0.15, 0.2) is 17.8 Å². The maximum Gasteiger partial charge on any atom is 0.273 e. The van der Waals surface area contributed by atoms with Gasteiger partial charge in [-0.3, -0.25) is 4.79 Å². The summed E-state index contributed by atoms with van der Waals surface area (Å²) in [5.74, 6) is 0.420. The Morgan fingerprint density at radius 3 is 2.81 bits per heavy atom. The molecule has 7 heteroatoms. The van der Waals surface area contributed by atoms with Crippen molar-refractivity contribution in [3.05, 3.63) is 23.5 Å². The molecule has 0 spiro atoms. The predicted molar refractivity (Wildman–Crippen MR) is 102 cm³/mol. The number of piperidine rings is 1. The molecule has 0 aliphatic carbocycles. The minimum atomic E-state index is -0.284. The Balaban J connectivity index is 1.75. The van der Waals surface area contributed by atoms with Gasteiger partial charge in [0.25, 0.3) is 5.91 Å². The molecule has 1 aliphatic rings. The first-order chi connectivity index (χ1) is 12.5. The summed E-state index contributed by atoms with van der Waals surface area (Å²) in [6.45, 7) is 10.1. The second kappa shape index (κ2) is 10.4. The Labute approximate surface area is 156 Å². The van der Waals surface area contributed by atoms with Crippen molar-refractivity contribution in [3.8, 4) is 0 Å². The van der Waals surface area contributed by atoms with E-state index in [0.717, 1.165) is 32.5 Å². The molecule has 1 saturated heterocycles. The standard InChI is InChI=1S/C19H33N5O2/c1-15(2)5-4-6-16(3)13-23-10-7-17(8-11-23)24-14-18(21-22-24)19(26)20-9-12-25/h5,14,16-17,25H,4,6-13H2,1-3H3,(H,20,26). The lowest BCUT2D eigenvalue weighted by molar-refractivity contribution is 0.0939. The lowest BCUT2D eigenvalue weighted by Crippen LogP contribution is -2.37. The molecule has 1 unspecified atom stereocenters. The summed E-state index contributed by atoms with van der Waals surface area (Å²) >= 11 is 0. The first kappa shape index (κ1) is 20.6. The van der Waals surface area contributed by atoms with Crippen LogP contribution in [0.2, 0.25) is 0 Å². The largest absolute Gasteiger partial charge is 0.395 e. The Morgan fingerprint density at radius 2 is 2.15 bits per heavy atom. The molecule has 0 radical (unpaired) electrons. The van der Waals surface area contributed by atoms with Crippen LogP contribution in [-0.2, 0) is 0 Å². The second-order valence-corrected chi connectivity index (χ2v) is 7.56. The number of hydrogen-bond acceptors (Lipinski definition) is 5. The quantitative estimate of drug-likeness (QED) is 0.656. The molecule has 7 nitrogen and oxygen atoms in total. The van der Waals surface area contributed by atoms with Crippen LogP contribution in [0.3, 0.4) is 0 Å². The number of carbonyl (C=O) groups excluding carboxylic acids is 1. The van der Waals surface area contributed by atoms with Crippen molar-refractivity contribution < 1.29 is 9.90 Å². The number of aliphatic hydroxyl groups excluding tert-OH is 1. The monoisotopic (exact) mass is 363 g/mol. The summed E-state index contributed by atoms with van der Waals surface area (Å²) in [5.41, 5.74) is 1.71. The third kappa shape index (κ3) is 6.53. The fraction of sp³-hybridized carbons (Fsp3) is 0.737. The molecule has 0 aromatic carbocycles. The van der Waals surface area contributed by atoms with Gasteiger partial charge in [0.1, 0.15) is 0 Å². The molecule has 2 N–H and O–H groups in total. The van der Waals surface area contributed by atoms with Gasteiger partial charge < -0.3 is 15.3 Å². The van der Waals surface area contributed by atoms with E-state index in [9.17, 15) is 4.79 Å². The van der Waals surface area contributed by atoms with Crippen molar-refractivity contribution in [2.45, 2.75) is 52.5 Å². The average molecular weight is 364 g/mol. The summed E-state index contributed by atoms with van der Waals surface area (Å²) in [6, 6.07) is 0.305. The first-order valence-corrected chi connectivity index (χ1v) is 9.66. The minimum Gasteiger partial charge on any atom is -0.395 e. The fourth-order valence-corrected chi connectivity index (χ4v) is 3.37. The normalized spacial score (nSPS) is 17.1. The van der Waals surface area contributed by atoms with Gasteiger partial charge in [-0.1, -0.05) is 23.8 Å². The van der Waals surface area contributed by atoms with Crippen molar-refractivity contribution in [2.75, 3.05) is 32.8 Å². The van der Waals surface area contributed by atoms with Crippen molar-refractivity contribution in [1.29, 1.82) is 0 Å². The number of allylic oxidation sites excluding steroid dienone is 2. The summed E-state index contributed by atoms with van der Waals surface area (Å²) in [7, 11) is 0. The van der Waals surface area contributed by atoms with E-state index in [1.54, 1.807) is 6.20 Å². The Hall–Kier alpha value is -1.73. The maximum atomic E-state index is 11.9. The highest BCUT2D eigenvalue weighted by molar-refractivity contribution is 5.91. The molecule has 2 heterocycles. The van der Waals surface area contributed by atoms with E-state index in [1.165, 1.54) is 18.4 Å². The second-order valence-electron chi connectivity index (χ2n) is 7.56. The van der Waals surface area contributed by atoms with Crippen LogP contribution >= 0.6 is 0 Å². The molecule has 0 saturated carbocycles. The highest BCUT2D eigenvalue weighted by Gasteiger charge is 2.23. The average Bonchev–Trinajstić information content (AvgIpc) is 3.10. The van der Waals surface area contributed by atoms with Gasteiger partial charge in [0.05, 0.1) is 18.8 Å². The van der Waals surface area contributed by atoms with Crippen LogP contribution in [0, 0.1) is 5.92 Å². The SMILES string of the molecule is CC(C)=CCCC(C)CN1CCC(n2cc(C(=O)NCCO)nn2)CC1. The van der Waals surface area contributed by atoms with Crippen molar-refractivity contribution in [3.63, 3.8) is 0 Å². The molecular formula is C19H33N5O2. The van der Waals surface area contributed by atoms with E-state index in [1.807, 2.05) is 4.68 Å². The zero-order valence-electron chi connectivity index (χ0n) is 16.3. The van der Waals surface area contributed by atoms with Gasteiger partial charge in [0.15, 0.2) is 5.69 Å². The minimum absolute atomic E-state index is 0.0783. The molecule has 1 aromatic rings. The van der Waals surface area contributed by atoms with Crippen molar-refractivity contribution in [1.82, 2.24) is 25.2 Å². The summed E-state index contributed by atoms with van der Waals surface area (Å²) in [5, 5.41) is 19.5. The van der Waals surface area contributed by atoms with Crippen LogP contribution in [0.5, 0.6) is 0 Å². The van der Waals surface area contributed by atoms with Gasteiger partial charge in [-0.25, -0.2) is 4.68 Å². The zero-order chi connectivity index (χ0) is 18.9. The molecule has 1 fully saturated rings. The highest BCUT2D eigenvalue weighted by atomic mass is 16.3. The number of aromatic nitrogens is 3. The molecule has 1 aliphatic heterocycles. The van der Waals surface area contributed by atoms with E-state index >= 15 is 0 Å². The molecular weight excluding hydrogens is 330 g/mol. The van der Waals surface area contributed by atoms with Gasteiger partial charge in [-0.2, -0.15) is 0 Å². The number of carbonyl (C=O) groups is 1. The fourth-order valence-electron chi connectivity index (χ4n) is 3.37. The van der Waals surface area contributed by atoms with Crippen LogP contribution in [0.1, 0.15) is 63.0 Å². The Kier molecular flexibility index (Phi) is 8.25. The summed E-state index contributed by atoms with van der Waals surface area (Å²) < 4.78 is 1.82. The molecule has 2 rings (SSSR count). The smallest absolute Gasteiger partial charge is 0.273 e. The topological polar surface area (TPSA) is 83.3 Å². The van der Waals surface area contributed by atoms with E-state index in [0.29, 0.717) is 17.7 Å². The van der Waals surface area contributed by atoms with Crippen molar-refractivity contribution >= 4 is 5.91 Å². The predicted octanol–water partition coefficient (Wildman–Crippen LogP) is 2.02.